The second-order valence-electron chi connectivity index (χ2n) is 8.13. The third-order valence-corrected chi connectivity index (χ3v) is 5.51. The van der Waals surface area contributed by atoms with E-state index >= 15 is 0 Å². The first-order chi connectivity index (χ1) is 17.3. The predicted octanol–water partition coefficient (Wildman–Crippen LogP) is 3.72. The third-order valence-electron chi connectivity index (χ3n) is 5.51. The van der Waals surface area contributed by atoms with E-state index in [1.807, 2.05) is 30.3 Å². The highest BCUT2D eigenvalue weighted by molar-refractivity contribution is 5.85. The lowest BCUT2D eigenvalue weighted by atomic mass is 10.0. The smallest absolute Gasteiger partial charge is 0.263 e. The number of aromatic nitrogens is 3. The normalized spacial score (nSPS) is 10.9. The second kappa shape index (κ2) is 13.9. The molecule has 2 heterocycles. The largest absolute Gasteiger partial charge is 0.369 e. The summed E-state index contributed by atoms with van der Waals surface area (Å²) in [5.41, 5.74) is 12.6. The predicted molar refractivity (Wildman–Crippen MR) is 147 cm³/mol. The minimum atomic E-state index is -0.468. The van der Waals surface area contributed by atoms with Crippen molar-refractivity contribution in [2.75, 3.05) is 18.4 Å². The fraction of sp³-hybridized carbons (Fsp3) is 0.185. The Hall–Kier alpha value is -4.08. The van der Waals surface area contributed by atoms with Gasteiger partial charge in [0.2, 0.25) is 11.9 Å². The summed E-state index contributed by atoms with van der Waals surface area (Å²) < 4.78 is 15.0. The van der Waals surface area contributed by atoms with Crippen LogP contribution >= 0.6 is 12.4 Å². The minimum Gasteiger partial charge on any atom is -0.369 e. The number of hydrogen-bond acceptors (Lipinski definition) is 6. The molecule has 0 bridgehead atoms. The van der Waals surface area contributed by atoms with Crippen molar-refractivity contribution in [3.63, 3.8) is 0 Å². The summed E-state index contributed by atoms with van der Waals surface area (Å²) in [7, 11) is 1.69. The molecule has 4 rings (SSSR count). The van der Waals surface area contributed by atoms with Crippen molar-refractivity contribution in [2.45, 2.75) is 12.8 Å². The van der Waals surface area contributed by atoms with E-state index in [0.717, 1.165) is 5.56 Å². The molecular formula is C27H30ClFN6O2. The molecule has 37 heavy (non-hydrogen) atoms. The molecule has 2 aromatic heterocycles. The Balaban J connectivity index is 0.000000734. The molecule has 1 atom stereocenters. The monoisotopic (exact) mass is 524 g/mol. The number of amides is 1. The van der Waals surface area contributed by atoms with Crippen molar-refractivity contribution in [1.29, 1.82) is 0 Å². The first kappa shape index (κ1) is 29.2. The van der Waals surface area contributed by atoms with E-state index < -0.39 is 5.91 Å². The first-order valence-corrected chi connectivity index (χ1v) is 11.4. The van der Waals surface area contributed by atoms with Crippen LogP contribution in [0.5, 0.6) is 0 Å². The van der Waals surface area contributed by atoms with E-state index in [1.54, 1.807) is 31.6 Å². The van der Waals surface area contributed by atoms with Gasteiger partial charge in [-0.15, -0.1) is 12.4 Å². The molecule has 0 radical (unpaired) electrons. The second-order valence-corrected chi connectivity index (χ2v) is 8.13. The van der Waals surface area contributed by atoms with Crippen LogP contribution in [0.4, 0.5) is 10.3 Å². The van der Waals surface area contributed by atoms with Crippen LogP contribution in [0, 0.1) is 5.82 Å². The molecule has 0 fully saturated rings. The van der Waals surface area contributed by atoms with Gasteiger partial charge in [-0.2, -0.15) is 0 Å². The van der Waals surface area contributed by atoms with Gasteiger partial charge in [0.1, 0.15) is 5.82 Å². The van der Waals surface area contributed by atoms with Gasteiger partial charge in [-0.3, -0.25) is 19.1 Å². The molecule has 194 valence electrons. The van der Waals surface area contributed by atoms with Crippen LogP contribution in [-0.4, -0.2) is 33.5 Å². The van der Waals surface area contributed by atoms with Gasteiger partial charge in [0.15, 0.2) is 0 Å². The number of primary amides is 1. The maximum atomic E-state index is 13.5. The summed E-state index contributed by atoms with van der Waals surface area (Å²) in [5.74, 6) is -0.109. The third kappa shape index (κ3) is 7.70. The molecule has 2 aromatic carbocycles. The molecule has 0 aliphatic rings. The number of carbonyl (C=O) groups excluding carboxylic acids is 1. The van der Waals surface area contributed by atoms with Crippen LogP contribution < -0.4 is 22.3 Å². The van der Waals surface area contributed by atoms with Crippen molar-refractivity contribution >= 4 is 24.3 Å². The van der Waals surface area contributed by atoms with Crippen molar-refractivity contribution in [3.8, 4) is 22.4 Å². The molecular weight excluding hydrogens is 495 g/mol. The quantitative estimate of drug-likeness (QED) is 0.338. The summed E-state index contributed by atoms with van der Waals surface area (Å²) >= 11 is 0. The molecule has 0 saturated carbocycles. The van der Waals surface area contributed by atoms with Crippen molar-refractivity contribution in [1.82, 2.24) is 14.5 Å². The number of benzene rings is 2. The number of anilines is 1. The van der Waals surface area contributed by atoms with Gasteiger partial charge in [-0.25, -0.2) is 9.37 Å². The Morgan fingerprint density at radius 2 is 1.62 bits per heavy atom. The first-order valence-electron chi connectivity index (χ1n) is 11.4. The number of pyridine rings is 1. The summed E-state index contributed by atoms with van der Waals surface area (Å²) in [4.78, 5) is 31.7. The van der Waals surface area contributed by atoms with Gasteiger partial charge < -0.3 is 16.8 Å². The summed E-state index contributed by atoms with van der Waals surface area (Å²) in [6, 6.07) is 19.7. The van der Waals surface area contributed by atoms with E-state index in [9.17, 15) is 14.0 Å². The zero-order chi connectivity index (χ0) is 26.1. The number of rotatable bonds is 7. The average Bonchev–Trinajstić information content (AvgIpc) is 2.91. The van der Waals surface area contributed by atoms with Crippen LogP contribution in [0.2, 0.25) is 0 Å². The van der Waals surface area contributed by atoms with Crippen molar-refractivity contribution < 1.29 is 9.18 Å². The van der Waals surface area contributed by atoms with E-state index in [-0.39, 0.29) is 36.2 Å². The number of carbonyl (C=O) groups is 1. The van der Waals surface area contributed by atoms with Crippen LogP contribution in [0.1, 0.15) is 18.4 Å². The highest BCUT2D eigenvalue weighted by Gasteiger charge is 2.18. The fourth-order valence-electron chi connectivity index (χ4n) is 3.50. The van der Waals surface area contributed by atoms with Gasteiger partial charge in [0.25, 0.3) is 5.56 Å². The minimum absolute atomic E-state index is 0. The number of nitrogens with two attached hydrogens (primary N) is 2. The Labute approximate surface area is 221 Å². The number of hydrogen-bond donors (Lipinski definition) is 3. The Bertz CT molecular complexity index is 1350. The highest BCUT2D eigenvalue weighted by Crippen LogP contribution is 2.29. The molecule has 0 spiro atoms. The fourth-order valence-corrected chi connectivity index (χ4v) is 3.50. The van der Waals surface area contributed by atoms with Crippen LogP contribution in [0.25, 0.3) is 22.4 Å². The van der Waals surface area contributed by atoms with Crippen molar-refractivity contribution in [3.05, 3.63) is 101 Å². The molecule has 0 aliphatic carbocycles. The molecule has 10 heteroatoms. The van der Waals surface area contributed by atoms with Crippen LogP contribution in [0.3, 0.4) is 0 Å². The zero-order valence-electron chi connectivity index (χ0n) is 20.6. The van der Waals surface area contributed by atoms with Gasteiger partial charge in [-0.1, -0.05) is 49.4 Å². The van der Waals surface area contributed by atoms with Gasteiger partial charge >= 0.3 is 0 Å². The maximum Gasteiger partial charge on any atom is 0.263 e. The lowest BCUT2D eigenvalue weighted by Gasteiger charge is -2.18. The Morgan fingerprint density at radius 3 is 2.19 bits per heavy atom. The molecule has 0 aliphatic heterocycles. The van der Waals surface area contributed by atoms with Gasteiger partial charge in [0, 0.05) is 31.5 Å². The van der Waals surface area contributed by atoms with E-state index in [2.05, 4.69) is 35.1 Å². The van der Waals surface area contributed by atoms with Gasteiger partial charge in [-0.05, 0) is 41.3 Å². The lowest BCUT2D eigenvalue weighted by Crippen LogP contribution is -2.26. The molecule has 4 aromatic rings. The molecule has 1 amide bonds. The molecule has 5 N–H and O–H groups in total. The number of nitrogens with zero attached hydrogens (tertiary/aromatic N) is 3. The van der Waals surface area contributed by atoms with E-state index in [4.69, 9.17) is 10.7 Å². The summed E-state index contributed by atoms with van der Waals surface area (Å²) in [6.07, 6.45) is 3.32. The van der Waals surface area contributed by atoms with E-state index in [1.165, 1.54) is 22.3 Å². The van der Waals surface area contributed by atoms with Gasteiger partial charge in [0.05, 0.1) is 17.8 Å². The topological polar surface area (TPSA) is 129 Å². The SMILES string of the molecule is CC(CNc1nc(-c2ccncc2)c(-c2ccc(F)cc2)c(=O)n1C)c1ccccc1.Cl.NCC(N)=O. The average molecular weight is 525 g/mol. The highest BCUT2D eigenvalue weighted by atomic mass is 35.5. The summed E-state index contributed by atoms with van der Waals surface area (Å²) in [5, 5.41) is 3.33. The molecule has 1 unspecified atom stereocenters. The lowest BCUT2D eigenvalue weighted by molar-refractivity contribution is -0.116. The van der Waals surface area contributed by atoms with Crippen molar-refractivity contribution in [2.24, 2.45) is 18.5 Å². The Kier molecular flexibility index (Phi) is 10.9. The Morgan fingerprint density at radius 1 is 1.03 bits per heavy atom. The summed E-state index contributed by atoms with van der Waals surface area (Å²) in [6.45, 7) is 2.69. The molecule has 0 saturated heterocycles. The van der Waals surface area contributed by atoms with Crippen LogP contribution in [0.15, 0.2) is 83.9 Å². The zero-order valence-corrected chi connectivity index (χ0v) is 21.4. The number of halogens is 2. The maximum absolute atomic E-state index is 13.5. The standard InChI is InChI=1S/C25H23FN4O.C2H6N2O.ClH/c1-17(18-6-4-3-5-7-18)16-28-25-29-23(20-12-14-27-15-13-20)22(24(31)30(25)2)19-8-10-21(26)11-9-19;3-1-2(4)5;/h3-15,17H,16H2,1-2H3,(H,28,29);1,3H2,(H2,4,5);1H. The van der Waals surface area contributed by atoms with Crippen LogP contribution in [-0.2, 0) is 11.8 Å². The number of nitrogens with one attached hydrogen (secondary N) is 1. The molecule has 8 nitrogen and oxygen atoms in total. The van der Waals surface area contributed by atoms with E-state index in [0.29, 0.717) is 29.3 Å².